The van der Waals surface area contributed by atoms with Crippen LogP contribution in [0.4, 0.5) is 22.1 Å². The molecule has 1 aliphatic carbocycles. The first-order valence-corrected chi connectivity index (χ1v) is 17.3. The molecule has 0 radical (unpaired) electrons. The van der Waals surface area contributed by atoms with Crippen LogP contribution in [0.15, 0.2) is 67.1 Å². The Kier molecular flexibility index (Phi) is 9.43. The van der Waals surface area contributed by atoms with Crippen molar-refractivity contribution in [3.63, 3.8) is 0 Å². The molecule has 0 spiro atoms. The van der Waals surface area contributed by atoms with Crippen molar-refractivity contribution in [1.29, 1.82) is 0 Å². The number of carbonyl (C=O) groups excluding carboxylic acids is 1. The molecule has 2 fully saturated rings. The molecule has 2 aromatic carbocycles. The van der Waals surface area contributed by atoms with Crippen LogP contribution in [0.2, 0.25) is 0 Å². The summed E-state index contributed by atoms with van der Waals surface area (Å²) in [5.41, 5.74) is 8.26. The van der Waals surface area contributed by atoms with Crippen LogP contribution in [0.3, 0.4) is 0 Å². The lowest BCUT2D eigenvalue weighted by Gasteiger charge is -2.34. The number of pyridine rings is 1. The van der Waals surface area contributed by atoms with Crippen LogP contribution in [0, 0.1) is 13.8 Å². The van der Waals surface area contributed by atoms with Crippen LogP contribution in [-0.2, 0) is 17.8 Å². The Hall–Kier alpha value is -5.03. The Morgan fingerprint density at radius 2 is 1.73 bits per heavy atom. The monoisotopic (exact) mass is 660 g/mol. The molecule has 3 aromatic heterocycles. The number of ether oxygens (including phenoxy) is 1. The number of benzene rings is 2. The lowest BCUT2D eigenvalue weighted by Crippen LogP contribution is -2.34. The minimum Gasteiger partial charge on any atom is -0.444 e. The molecule has 1 saturated carbocycles. The largest absolute Gasteiger partial charge is 0.444 e. The Morgan fingerprint density at radius 3 is 2.45 bits per heavy atom. The summed E-state index contributed by atoms with van der Waals surface area (Å²) in [7, 11) is 0. The van der Waals surface area contributed by atoms with Crippen LogP contribution in [-0.4, -0.2) is 61.2 Å². The molecule has 11 nitrogen and oxygen atoms in total. The van der Waals surface area contributed by atoms with Crippen LogP contribution in [0.25, 0.3) is 22.2 Å². The van der Waals surface area contributed by atoms with Gasteiger partial charge < -0.3 is 20.1 Å². The molecule has 7 rings (SSSR count). The number of nitrogens with zero attached hydrogens (tertiary/aromatic N) is 6. The number of piperidine rings is 1. The van der Waals surface area contributed by atoms with Gasteiger partial charge in [0.15, 0.2) is 5.82 Å². The van der Waals surface area contributed by atoms with E-state index in [1.165, 1.54) is 16.8 Å². The maximum atomic E-state index is 12.9. The van der Waals surface area contributed by atoms with Gasteiger partial charge in [0.2, 0.25) is 0 Å². The van der Waals surface area contributed by atoms with E-state index in [0.29, 0.717) is 29.7 Å². The fourth-order valence-corrected chi connectivity index (χ4v) is 7.08. The minimum absolute atomic E-state index is 0.111. The zero-order valence-corrected chi connectivity index (χ0v) is 28.4. The highest BCUT2D eigenvalue weighted by atomic mass is 16.5. The first-order valence-electron chi connectivity index (χ1n) is 17.3. The van der Waals surface area contributed by atoms with Gasteiger partial charge in [0.05, 0.1) is 24.0 Å². The Balaban J connectivity index is 1.16. The molecular weight excluding hydrogens is 616 g/mol. The number of hydrogen-bond acceptors (Lipinski definition) is 9. The fourth-order valence-electron chi connectivity index (χ4n) is 7.08. The average Bonchev–Trinajstić information content (AvgIpc) is 3.76. The molecule has 5 aromatic rings. The molecule has 1 saturated heterocycles. The summed E-state index contributed by atoms with van der Waals surface area (Å²) >= 11 is 0. The number of fused-ring (bicyclic) bond motifs is 1. The van der Waals surface area contributed by atoms with Crippen molar-refractivity contribution in [3.05, 3.63) is 89.5 Å². The summed E-state index contributed by atoms with van der Waals surface area (Å²) < 4.78 is 7.57. The van der Waals surface area contributed by atoms with Gasteiger partial charge in [-0.2, -0.15) is 5.10 Å². The third kappa shape index (κ3) is 7.36. The number of aliphatic hydroxyl groups is 1. The molecule has 2 atom stereocenters. The number of rotatable bonds is 9. The SMILES string of the molecule is CCc1nc2c(NC(=O)OCc3ccccc3)ncc(-c3cnn(C4CCN(c5cc(C)cc(C)c5)CC4)c3)c2nc1N[C@@H]1CC[C@H](O)C1. The number of amides is 1. The second kappa shape index (κ2) is 14.2. The van der Waals surface area contributed by atoms with E-state index in [1.807, 2.05) is 43.5 Å². The van der Waals surface area contributed by atoms with Gasteiger partial charge >= 0.3 is 6.09 Å². The minimum atomic E-state index is -0.618. The molecule has 49 heavy (non-hydrogen) atoms. The second-order valence-corrected chi connectivity index (χ2v) is 13.4. The van der Waals surface area contributed by atoms with Gasteiger partial charge in [0.1, 0.15) is 23.5 Å². The topological polar surface area (TPSA) is 130 Å². The predicted molar refractivity (Wildman–Crippen MR) is 192 cm³/mol. The van der Waals surface area contributed by atoms with E-state index in [9.17, 15) is 9.90 Å². The summed E-state index contributed by atoms with van der Waals surface area (Å²) in [5, 5.41) is 21.3. The molecule has 11 heteroatoms. The third-order valence-electron chi connectivity index (χ3n) is 9.61. The Labute approximate surface area is 286 Å². The summed E-state index contributed by atoms with van der Waals surface area (Å²) in [6.07, 6.45) is 9.63. The number of aliphatic hydroxyl groups excluding tert-OH is 1. The summed E-state index contributed by atoms with van der Waals surface area (Å²) in [6.45, 7) is 8.39. The smallest absolute Gasteiger partial charge is 0.413 e. The van der Waals surface area contributed by atoms with Crippen molar-refractivity contribution < 1.29 is 14.6 Å². The second-order valence-electron chi connectivity index (χ2n) is 13.4. The van der Waals surface area contributed by atoms with E-state index in [1.54, 1.807) is 6.20 Å². The van der Waals surface area contributed by atoms with Crippen LogP contribution in [0.1, 0.15) is 67.5 Å². The highest BCUT2D eigenvalue weighted by Gasteiger charge is 2.26. The lowest BCUT2D eigenvalue weighted by atomic mass is 10.0. The van der Waals surface area contributed by atoms with Crippen molar-refractivity contribution in [1.82, 2.24) is 24.7 Å². The number of carbonyl (C=O) groups is 1. The van der Waals surface area contributed by atoms with Gasteiger partial charge in [-0.05, 0) is 81.2 Å². The van der Waals surface area contributed by atoms with Crippen LogP contribution < -0.4 is 15.5 Å². The van der Waals surface area contributed by atoms with Crippen molar-refractivity contribution in [2.75, 3.05) is 28.6 Å². The standard InChI is InChI=1S/C38H44N8O3/c1-4-33-36(41-28-10-11-31(47)19-28)43-34-32(21-39-37(35(34)42-33)44-38(48)49-23-26-8-6-5-7-9-26)27-20-40-46(22-27)29-12-14-45(15-13-29)30-17-24(2)16-25(3)18-30/h5-9,16-18,20-22,28-29,31,47H,4,10-15,19,23H2,1-3H3,(H,41,43)(H,39,44,48)/t28-,31+/m1/s1. The van der Waals surface area contributed by atoms with E-state index >= 15 is 0 Å². The van der Waals surface area contributed by atoms with E-state index in [-0.39, 0.29) is 30.6 Å². The quantitative estimate of drug-likeness (QED) is 0.153. The summed E-state index contributed by atoms with van der Waals surface area (Å²) in [5.74, 6) is 0.971. The van der Waals surface area contributed by atoms with Gasteiger partial charge in [-0.1, -0.05) is 43.3 Å². The average molecular weight is 661 g/mol. The molecule has 4 heterocycles. The van der Waals surface area contributed by atoms with Crippen molar-refractivity contribution in [3.8, 4) is 11.1 Å². The first kappa shape index (κ1) is 32.5. The number of hydrogen-bond donors (Lipinski definition) is 3. The molecule has 0 bridgehead atoms. The fraction of sp³-hybridized carbons (Fsp3) is 0.395. The zero-order valence-electron chi connectivity index (χ0n) is 28.4. The van der Waals surface area contributed by atoms with Crippen molar-refractivity contribution in [2.45, 2.75) is 84.1 Å². The third-order valence-corrected chi connectivity index (χ3v) is 9.61. The zero-order chi connectivity index (χ0) is 33.9. The number of anilines is 3. The summed E-state index contributed by atoms with van der Waals surface area (Å²) in [4.78, 5) is 30.2. The maximum Gasteiger partial charge on any atom is 0.413 e. The van der Waals surface area contributed by atoms with Crippen LogP contribution in [0.5, 0.6) is 0 Å². The van der Waals surface area contributed by atoms with Crippen molar-refractivity contribution >= 4 is 34.4 Å². The number of nitrogens with one attached hydrogen (secondary N) is 2. The number of aryl methyl sites for hydroxylation is 3. The van der Waals surface area contributed by atoms with E-state index in [4.69, 9.17) is 19.8 Å². The highest BCUT2D eigenvalue weighted by Crippen LogP contribution is 2.34. The lowest BCUT2D eigenvalue weighted by molar-refractivity contribution is 0.155. The normalized spacial score (nSPS) is 18.2. The van der Waals surface area contributed by atoms with Gasteiger partial charge in [0.25, 0.3) is 0 Å². The van der Waals surface area contributed by atoms with Gasteiger partial charge in [0, 0.05) is 48.3 Å². The summed E-state index contributed by atoms with van der Waals surface area (Å²) in [6, 6.07) is 16.7. The predicted octanol–water partition coefficient (Wildman–Crippen LogP) is 6.98. The highest BCUT2D eigenvalue weighted by molar-refractivity contribution is 6.01. The van der Waals surface area contributed by atoms with Crippen molar-refractivity contribution in [2.24, 2.45) is 0 Å². The first-order chi connectivity index (χ1) is 23.8. The molecular formula is C38H44N8O3. The molecule has 1 aliphatic heterocycles. The van der Waals surface area contributed by atoms with E-state index in [0.717, 1.165) is 61.2 Å². The van der Waals surface area contributed by atoms with Gasteiger partial charge in [-0.3, -0.25) is 10.00 Å². The van der Waals surface area contributed by atoms with Gasteiger partial charge in [-0.15, -0.1) is 0 Å². The molecule has 3 N–H and O–H groups in total. The van der Waals surface area contributed by atoms with Crippen LogP contribution >= 0.6 is 0 Å². The van der Waals surface area contributed by atoms with E-state index < -0.39 is 6.09 Å². The molecule has 254 valence electrons. The molecule has 2 aliphatic rings. The van der Waals surface area contributed by atoms with E-state index in [2.05, 4.69) is 63.4 Å². The Morgan fingerprint density at radius 1 is 0.959 bits per heavy atom. The number of aromatic nitrogens is 5. The molecule has 0 unspecified atom stereocenters. The Bertz CT molecular complexity index is 1920. The molecule has 1 amide bonds. The van der Waals surface area contributed by atoms with Gasteiger partial charge in [-0.25, -0.2) is 19.7 Å². The maximum absolute atomic E-state index is 12.9.